The summed E-state index contributed by atoms with van der Waals surface area (Å²) >= 11 is 0. The predicted octanol–water partition coefficient (Wildman–Crippen LogP) is 2.59. The quantitative estimate of drug-likeness (QED) is 0.402. The van der Waals surface area contributed by atoms with Crippen LogP contribution < -0.4 is 5.32 Å². The van der Waals surface area contributed by atoms with E-state index in [1.807, 2.05) is 30.2 Å². The van der Waals surface area contributed by atoms with Gasteiger partial charge in [0, 0.05) is 52.1 Å². The highest BCUT2D eigenvalue weighted by Crippen LogP contribution is 2.14. The van der Waals surface area contributed by atoms with Crippen molar-refractivity contribution >= 4 is 29.9 Å². The van der Waals surface area contributed by atoms with Gasteiger partial charge in [-0.25, -0.2) is 0 Å². The number of guanidine groups is 1. The normalized spacial score (nSPS) is 17.0. The predicted molar refractivity (Wildman–Crippen MR) is 115 cm³/mol. The number of ether oxygens (including phenoxy) is 1. The lowest BCUT2D eigenvalue weighted by Gasteiger charge is -2.25. The first kappa shape index (κ1) is 20.7. The highest BCUT2D eigenvalue weighted by Gasteiger charge is 2.19. The minimum absolute atomic E-state index is 0. The Hall–Kier alpha value is -1.61. The molecule has 2 heterocycles. The standard InChI is InChI=1S/C19H27N5O.HI/c1-20-19(23(2)13-16-8-11-25-15-16)21-12-17-6-3-4-7-18(17)14-24-10-5-9-22-24;/h3-7,9-10,16H,8,11-15H2,1-2H3,(H,20,21);1H. The van der Waals surface area contributed by atoms with Crippen molar-refractivity contribution in [3.8, 4) is 0 Å². The Labute approximate surface area is 172 Å². The Kier molecular flexibility index (Phi) is 8.37. The molecular weight excluding hydrogens is 441 g/mol. The number of nitrogens with one attached hydrogen (secondary N) is 1. The number of aromatic nitrogens is 2. The summed E-state index contributed by atoms with van der Waals surface area (Å²) < 4.78 is 7.42. The molecule has 1 aromatic heterocycles. The molecule has 2 aromatic rings. The first-order chi connectivity index (χ1) is 12.3. The highest BCUT2D eigenvalue weighted by atomic mass is 127. The molecule has 1 fully saturated rings. The number of nitrogens with zero attached hydrogens (tertiary/aromatic N) is 4. The van der Waals surface area contributed by atoms with Crippen molar-refractivity contribution in [1.82, 2.24) is 20.0 Å². The van der Waals surface area contributed by atoms with Gasteiger partial charge < -0.3 is 15.0 Å². The Morgan fingerprint density at radius 1 is 1.35 bits per heavy atom. The minimum Gasteiger partial charge on any atom is -0.381 e. The Balaban J connectivity index is 0.00000243. The van der Waals surface area contributed by atoms with E-state index in [1.165, 1.54) is 11.1 Å². The molecule has 1 aliphatic heterocycles. The van der Waals surface area contributed by atoms with Crippen LogP contribution in [0.2, 0.25) is 0 Å². The van der Waals surface area contributed by atoms with E-state index < -0.39 is 0 Å². The van der Waals surface area contributed by atoms with E-state index in [9.17, 15) is 0 Å². The molecule has 0 bridgehead atoms. The summed E-state index contributed by atoms with van der Waals surface area (Å²) in [5.41, 5.74) is 2.53. The maximum atomic E-state index is 5.47. The second kappa shape index (κ2) is 10.5. The lowest BCUT2D eigenvalue weighted by Crippen LogP contribution is -2.41. The van der Waals surface area contributed by atoms with Gasteiger partial charge in [0.25, 0.3) is 0 Å². The van der Waals surface area contributed by atoms with Crippen LogP contribution in [0.3, 0.4) is 0 Å². The molecule has 26 heavy (non-hydrogen) atoms. The van der Waals surface area contributed by atoms with Gasteiger partial charge in [-0.15, -0.1) is 24.0 Å². The van der Waals surface area contributed by atoms with Gasteiger partial charge in [-0.1, -0.05) is 24.3 Å². The molecule has 1 aliphatic rings. The molecule has 7 heteroatoms. The molecule has 6 nitrogen and oxygen atoms in total. The van der Waals surface area contributed by atoms with Gasteiger partial charge in [0.15, 0.2) is 5.96 Å². The van der Waals surface area contributed by atoms with Crippen molar-refractivity contribution in [3.63, 3.8) is 0 Å². The average molecular weight is 469 g/mol. The topological polar surface area (TPSA) is 54.7 Å². The highest BCUT2D eigenvalue weighted by molar-refractivity contribution is 14.0. The SMILES string of the molecule is CN=C(NCc1ccccc1Cn1cccn1)N(C)CC1CCOC1.I. The Morgan fingerprint density at radius 2 is 2.15 bits per heavy atom. The van der Waals surface area contributed by atoms with Gasteiger partial charge in [-0.3, -0.25) is 9.67 Å². The molecule has 0 aliphatic carbocycles. The van der Waals surface area contributed by atoms with Crippen LogP contribution in [-0.2, 0) is 17.8 Å². The van der Waals surface area contributed by atoms with Crippen molar-refractivity contribution in [2.24, 2.45) is 10.9 Å². The summed E-state index contributed by atoms with van der Waals surface area (Å²) in [7, 11) is 3.92. The third-order valence-electron chi connectivity index (χ3n) is 4.58. The van der Waals surface area contributed by atoms with Crippen molar-refractivity contribution in [2.45, 2.75) is 19.5 Å². The zero-order valence-corrected chi connectivity index (χ0v) is 17.8. The van der Waals surface area contributed by atoms with Gasteiger partial charge in [-0.2, -0.15) is 5.10 Å². The van der Waals surface area contributed by atoms with E-state index in [1.54, 1.807) is 0 Å². The number of hydrogen-bond acceptors (Lipinski definition) is 3. The van der Waals surface area contributed by atoms with Crippen LogP contribution in [0, 0.1) is 5.92 Å². The van der Waals surface area contributed by atoms with Crippen LogP contribution in [0.4, 0.5) is 0 Å². The van der Waals surface area contributed by atoms with Gasteiger partial charge in [0.2, 0.25) is 0 Å². The van der Waals surface area contributed by atoms with Crippen molar-refractivity contribution in [3.05, 3.63) is 53.9 Å². The zero-order chi connectivity index (χ0) is 17.5. The van der Waals surface area contributed by atoms with Crippen LogP contribution in [0.25, 0.3) is 0 Å². The average Bonchev–Trinajstić information content (AvgIpc) is 3.31. The van der Waals surface area contributed by atoms with E-state index in [4.69, 9.17) is 4.74 Å². The molecule has 0 amide bonds. The third kappa shape index (κ3) is 5.70. The van der Waals surface area contributed by atoms with Crippen LogP contribution in [0.15, 0.2) is 47.7 Å². The molecule has 1 unspecified atom stereocenters. The minimum atomic E-state index is 0. The lowest BCUT2D eigenvalue weighted by molar-refractivity contribution is 0.181. The maximum absolute atomic E-state index is 5.47. The Morgan fingerprint density at radius 3 is 2.81 bits per heavy atom. The molecule has 0 radical (unpaired) electrons. The fourth-order valence-corrected chi connectivity index (χ4v) is 3.21. The van der Waals surface area contributed by atoms with E-state index in [0.717, 1.165) is 45.2 Å². The molecule has 1 aromatic carbocycles. The summed E-state index contributed by atoms with van der Waals surface area (Å²) in [4.78, 5) is 6.61. The van der Waals surface area contributed by atoms with Crippen molar-refractivity contribution < 1.29 is 4.74 Å². The molecule has 1 atom stereocenters. The molecule has 1 N–H and O–H groups in total. The first-order valence-corrected chi connectivity index (χ1v) is 8.80. The van der Waals surface area contributed by atoms with Crippen LogP contribution >= 0.6 is 24.0 Å². The summed E-state index contributed by atoms with van der Waals surface area (Å²) in [6.45, 7) is 4.22. The lowest BCUT2D eigenvalue weighted by atomic mass is 10.1. The van der Waals surface area contributed by atoms with Crippen LogP contribution in [-0.4, -0.2) is 54.5 Å². The molecule has 1 saturated heterocycles. The smallest absolute Gasteiger partial charge is 0.193 e. The van der Waals surface area contributed by atoms with Gasteiger partial charge in [0.05, 0.1) is 13.2 Å². The zero-order valence-electron chi connectivity index (χ0n) is 15.5. The van der Waals surface area contributed by atoms with Crippen LogP contribution in [0.5, 0.6) is 0 Å². The van der Waals surface area contributed by atoms with E-state index in [2.05, 4.69) is 51.6 Å². The van der Waals surface area contributed by atoms with Gasteiger partial charge in [-0.05, 0) is 23.6 Å². The summed E-state index contributed by atoms with van der Waals surface area (Å²) in [5.74, 6) is 1.51. The van der Waals surface area contributed by atoms with Gasteiger partial charge >= 0.3 is 0 Å². The van der Waals surface area contributed by atoms with Crippen molar-refractivity contribution in [1.29, 1.82) is 0 Å². The number of hydrogen-bond donors (Lipinski definition) is 1. The van der Waals surface area contributed by atoms with Gasteiger partial charge in [0.1, 0.15) is 0 Å². The second-order valence-corrected chi connectivity index (χ2v) is 6.48. The summed E-state index contributed by atoms with van der Waals surface area (Å²) in [6.07, 6.45) is 4.93. The maximum Gasteiger partial charge on any atom is 0.193 e. The number of aliphatic imine (C=N–C) groups is 1. The molecular formula is C19H28IN5O. The molecule has 142 valence electrons. The Bertz CT molecular complexity index is 683. The third-order valence-corrected chi connectivity index (χ3v) is 4.58. The van der Waals surface area contributed by atoms with Crippen molar-refractivity contribution in [2.75, 3.05) is 33.9 Å². The molecule has 0 saturated carbocycles. The van der Waals surface area contributed by atoms with E-state index in [-0.39, 0.29) is 24.0 Å². The molecule has 3 rings (SSSR count). The van der Waals surface area contributed by atoms with Crippen LogP contribution in [0.1, 0.15) is 17.5 Å². The second-order valence-electron chi connectivity index (χ2n) is 6.48. The number of halogens is 1. The van der Waals surface area contributed by atoms with E-state index in [0.29, 0.717) is 5.92 Å². The first-order valence-electron chi connectivity index (χ1n) is 8.80. The number of benzene rings is 1. The monoisotopic (exact) mass is 469 g/mol. The summed E-state index contributed by atoms with van der Waals surface area (Å²) in [6, 6.07) is 10.4. The summed E-state index contributed by atoms with van der Waals surface area (Å²) in [5, 5.41) is 7.79. The van der Waals surface area contributed by atoms with E-state index >= 15 is 0 Å². The number of rotatable bonds is 6. The molecule has 0 spiro atoms. The largest absolute Gasteiger partial charge is 0.381 e. The fourth-order valence-electron chi connectivity index (χ4n) is 3.21. The fraction of sp³-hybridized carbons (Fsp3) is 0.474.